The first kappa shape index (κ1) is 9.82. The summed E-state index contributed by atoms with van der Waals surface area (Å²) in [4.78, 5) is 0. The van der Waals surface area contributed by atoms with Crippen molar-refractivity contribution in [1.82, 2.24) is 0 Å². The van der Waals surface area contributed by atoms with E-state index in [0.29, 0.717) is 0 Å². The second-order valence-electron chi connectivity index (χ2n) is 2.22. The molecular formula is C7H8BFO4. The Hall–Kier alpha value is -1.27. The minimum Gasteiger partial charge on any atom is -0.509 e. The molecule has 0 heterocycles. The zero-order valence-electron chi connectivity index (χ0n) is 6.90. The van der Waals surface area contributed by atoms with Crippen LogP contribution in [0.5, 0.6) is 11.5 Å². The molecule has 0 aromatic heterocycles. The SMILES string of the molecule is COc1cccc(OB(O)O)c1F. The number of ether oxygens (including phenoxy) is 1. The minimum atomic E-state index is -2.04. The summed E-state index contributed by atoms with van der Waals surface area (Å²) in [5, 5.41) is 16.8. The number of hydrogen-bond donors (Lipinski definition) is 2. The van der Waals surface area contributed by atoms with E-state index in [0.717, 1.165) is 0 Å². The van der Waals surface area contributed by atoms with Crippen LogP contribution in [0.3, 0.4) is 0 Å². The predicted octanol–water partition coefficient (Wildman–Crippen LogP) is 0.183. The van der Waals surface area contributed by atoms with E-state index in [2.05, 4.69) is 9.39 Å². The third-order valence-electron chi connectivity index (χ3n) is 1.38. The Morgan fingerprint density at radius 1 is 1.31 bits per heavy atom. The molecule has 70 valence electrons. The molecule has 1 rings (SSSR count). The van der Waals surface area contributed by atoms with Crippen LogP contribution < -0.4 is 9.39 Å². The molecule has 13 heavy (non-hydrogen) atoms. The molecule has 1 aromatic rings. The highest BCUT2D eigenvalue weighted by Gasteiger charge is 2.16. The van der Waals surface area contributed by atoms with Gasteiger partial charge in [0.25, 0.3) is 0 Å². The van der Waals surface area contributed by atoms with Gasteiger partial charge in [-0.1, -0.05) is 6.07 Å². The van der Waals surface area contributed by atoms with Crippen LogP contribution >= 0.6 is 0 Å². The third kappa shape index (κ3) is 2.33. The molecule has 6 heteroatoms. The van der Waals surface area contributed by atoms with Gasteiger partial charge >= 0.3 is 7.32 Å². The Labute approximate surface area is 74.7 Å². The molecule has 2 N–H and O–H groups in total. The fourth-order valence-corrected chi connectivity index (χ4v) is 0.853. The van der Waals surface area contributed by atoms with Crippen LogP contribution in [0.2, 0.25) is 0 Å². The normalized spacial score (nSPS) is 9.54. The summed E-state index contributed by atoms with van der Waals surface area (Å²) in [7, 11) is -0.737. The maximum absolute atomic E-state index is 13.2. The standard InChI is InChI=1S/C7H8BFO4/c1-12-5-3-2-4-6(7(5)9)13-8(10)11/h2-4,10-11H,1H3. The summed E-state index contributed by atoms with van der Waals surface area (Å²) >= 11 is 0. The maximum atomic E-state index is 13.2. The van der Waals surface area contributed by atoms with Crippen LogP contribution in [-0.4, -0.2) is 24.5 Å². The molecule has 1 aromatic carbocycles. The van der Waals surface area contributed by atoms with Crippen LogP contribution in [0.25, 0.3) is 0 Å². The number of halogens is 1. The largest absolute Gasteiger partial charge is 0.707 e. The molecule has 0 unspecified atom stereocenters. The molecule has 4 nitrogen and oxygen atoms in total. The van der Waals surface area contributed by atoms with E-state index in [1.807, 2.05) is 0 Å². The van der Waals surface area contributed by atoms with E-state index in [9.17, 15) is 4.39 Å². The fraction of sp³-hybridized carbons (Fsp3) is 0.143. The second-order valence-corrected chi connectivity index (χ2v) is 2.22. The number of methoxy groups -OCH3 is 1. The van der Waals surface area contributed by atoms with Gasteiger partial charge in [-0.25, -0.2) is 0 Å². The minimum absolute atomic E-state index is 0.0156. The molecule has 0 radical (unpaired) electrons. The van der Waals surface area contributed by atoms with E-state index in [4.69, 9.17) is 10.0 Å². The van der Waals surface area contributed by atoms with Gasteiger partial charge in [-0.3, -0.25) is 0 Å². The molecular weight excluding hydrogens is 178 g/mol. The van der Waals surface area contributed by atoms with Gasteiger partial charge in [0, 0.05) is 0 Å². The maximum Gasteiger partial charge on any atom is 0.707 e. The first-order valence-electron chi connectivity index (χ1n) is 3.50. The monoisotopic (exact) mass is 186 g/mol. The second kappa shape index (κ2) is 4.11. The Bertz CT molecular complexity index is 292. The lowest BCUT2D eigenvalue weighted by molar-refractivity contribution is 0.278. The van der Waals surface area contributed by atoms with E-state index in [1.165, 1.54) is 25.3 Å². The zero-order valence-corrected chi connectivity index (χ0v) is 6.90. The molecule has 0 saturated carbocycles. The predicted molar refractivity (Wildman–Crippen MR) is 43.8 cm³/mol. The Morgan fingerprint density at radius 3 is 2.46 bits per heavy atom. The van der Waals surface area contributed by atoms with Gasteiger partial charge in [0.15, 0.2) is 5.75 Å². The zero-order chi connectivity index (χ0) is 9.84. The van der Waals surface area contributed by atoms with E-state index in [1.54, 1.807) is 0 Å². The number of hydrogen-bond acceptors (Lipinski definition) is 4. The topological polar surface area (TPSA) is 58.9 Å². The van der Waals surface area contributed by atoms with Crippen LogP contribution in [0.4, 0.5) is 4.39 Å². The van der Waals surface area contributed by atoms with Gasteiger partial charge in [0.05, 0.1) is 7.11 Å². The van der Waals surface area contributed by atoms with Crippen LogP contribution in [0, 0.1) is 5.82 Å². The van der Waals surface area contributed by atoms with Crippen LogP contribution in [0.1, 0.15) is 0 Å². The fourth-order valence-electron chi connectivity index (χ4n) is 0.853. The Balaban J connectivity index is 2.94. The van der Waals surface area contributed by atoms with Gasteiger partial charge in [0.2, 0.25) is 5.82 Å². The average Bonchev–Trinajstić information content (AvgIpc) is 2.08. The highest BCUT2D eigenvalue weighted by molar-refractivity contribution is 6.33. The molecule has 0 aliphatic carbocycles. The quantitative estimate of drug-likeness (QED) is 0.661. The van der Waals surface area contributed by atoms with Crippen molar-refractivity contribution in [3.05, 3.63) is 24.0 Å². The summed E-state index contributed by atoms with van der Waals surface area (Å²) < 4.78 is 22.2. The molecule has 0 fully saturated rings. The van der Waals surface area contributed by atoms with Crippen molar-refractivity contribution in [1.29, 1.82) is 0 Å². The first-order chi connectivity index (χ1) is 6.15. The molecule has 0 saturated heterocycles. The lowest BCUT2D eigenvalue weighted by atomic mass is 10.2. The summed E-state index contributed by atoms with van der Waals surface area (Å²) in [6.07, 6.45) is 0. The third-order valence-corrected chi connectivity index (χ3v) is 1.38. The van der Waals surface area contributed by atoms with Crippen molar-refractivity contribution in [3.63, 3.8) is 0 Å². The lowest BCUT2D eigenvalue weighted by Gasteiger charge is -2.08. The summed E-state index contributed by atoms with van der Waals surface area (Å²) in [6, 6.07) is 4.13. The van der Waals surface area contributed by atoms with E-state index >= 15 is 0 Å². The molecule has 0 spiro atoms. The van der Waals surface area contributed by atoms with Crippen molar-refractivity contribution in [2.24, 2.45) is 0 Å². The van der Waals surface area contributed by atoms with Gasteiger partial charge in [0.1, 0.15) is 5.75 Å². The van der Waals surface area contributed by atoms with Gasteiger partial charge in [-0.05, 0) is 12.1 Å². The number of benzene rings is 1. The highest BCUT2D eigenvalue weighted by atomic mass is 19.1. The molecule has 0 bridgehead atoms. The summed E-state index contributed by atoms with van der Waals surface area (Å²) in [5.74, 6) is -1.05. The van der Waals surface area contributed by atoms with Crippen molar-refractivity contribution in [3.8, 4) is 11.5 Å². The van der Waals surface area contributed by atoms with Crippen molar-refractivity contribution >= 4 is 7.32 Å². The Kier molecular flexibility index (Phi) is 3.10. The summed E-state index contributed by atoms with van der Waals surface area (Å²) in [5.41, 5.74) is 0. The smallest absolute Gasteiger partial charge is 0.509 e. The molecule has 0 aliphatic rings. The molecule has 0 amide bonds. The van der Waals surface area contributed by atoms with Gasteiger partial charge in [-0.2, -0.15) is 4.39 Å². The lowest BCUT2D eigenvalue weighted by Crippen LogP contribution is -2.21. The van der Waals surface area contributed by atoms with Crippen molar-refractivity contribution < 1.29 is 23.8 Å². The average molecular weight is 186 g/mol. The Morgan fingerprint density at radius 2 is 1.92 bits per heavy atom. The molecule has 0 aliphatic heterocycles. The summed E-state index contributed by atoms with van der Waals surface area (Å²) in [6.45, 7) is 0. The molecule has 0 atom stereocenters. The van der Waals surface area contributed by atoms with Gasteiger partial charge in [-0.15, -0.1) is 0 Å². The highest BCUT2D eigenvalue weighted by Crippen LogP contribution is 2.25. The van der Waals surface area contributed by atoms with E-state index in [-0.39, 0.29) is 11.5 Å². The first-order valence-corrected chi connectivity index (χ1v) is 3.50. The van der Waals surface area contributed by atoms with Crippen LogP contribution in [-0.2, 0) is 0 Å². The van der Waals surface area contributed by atoms with Crippen molar-refractivity contribution in [2.45, 2.75) is 0 Å². The van der Waals surface area contributed by atoms with Crippen LogP contribution in [0.15, 0.2) is 18.2 Å². The van der Waals surface area contributed by atoms with Crippen molar-refractivity contribution in [2.75, 3.05) is 7.11 Å². The van der Waals surface area contributed by atoms with Gasteiger partial charge < -0.3 is 19.4 Å². The number of rotatable bonds is 3. The van der Waals surface area contributed by atoms with E-state index < -0.39 is 13.1 Å².